The molecule has 0 aliphatic heterocycles. The number of carbonyl (C=O) groups is 2. The number of hydrogen-bond donors (Lipinski definition) is 1. The SMILES string of the molecule is O=C(COC(=O)c1ccc(-c2ccc(F)cc2)o1)NCc1cccc(Cl)c1. The molecule has 1 aromatic heterocycles. The molecule has 0 aliphatic carbocycles. The van der Waals surface area contributed by atoms with Gasteiger partial charge in [-0.3, -0.25) is 4.79 Å². The minimum atomic E-state index is -0.763. The first-order valence-electron chi connectivity index (χ1n) is 8.05. The second-order valence-electron chi connectivity index (χ2n) is 5.65. The van der Waals surface area contributed by atoms with Crippen molar-refractivity contribution in [1.82, 2.24) is 5.32 Å². The Bertz CT molecular complexity index is 953. The molecule has 27 heavy (non-hydrogen) atoms. The third-order valence-electron chi connectivity index (χ3n) is 3.65. The molecule has 3 aromatic rings. The van der Waals surface area contributed by atoms with Gasteiger partial charge in [-0.1, -0.05) is 23.7 Å². The Labute approximate surface area is 159 Å². The number of ether oxygens (including phenoxy) is 1. The van der Waals surface area contributed by atoms with Crippen LogP contribution in [0.15, 0.2) is 65.1 Å². The topological polar surface area (TPSA) is 68.5 Å². The predicted octanol–water partition coefficient (Wildman–Crippen LogP) is 4.21. The van der Waals surface area contributed by atoms with Crippen molar-refractivity contribution in [3.63, 3.8) is 0 Å². The molecule has 0 atom stereocenters. The van der Waals surface area contributed by atoms with Gasteiger partial charge in [0, 0.05) is 17.1 Å². The molecule has 0 saturated heterocycles. The van der Waals surface area contributed by atoms with Crippen LogP contribution in [0.3, 0.4) is 0 Å². The third-order valence-corrected chi connectivity index (χ3v) is 3.88. The maximum absolute atomic E-state index is 13.0. The van der Waals surface area contributed by atoms with Crippen LogP contribution in [0.5, 0.6) is 0 Å². The fraction of sp³-hybridized carbons (Fsp3) is 0.100. The lowest BCUT2D eigenvalue weighted by Gasteiger charge is -2.06. The highest BCUT2D eigenvalue weighted by molar-refractivity contribution is 6.30. The van der Waals surface area contributed by atoms with Crippen LogP contribution in [-0.2, 0) is 16.1 Å². The molecule has 3 rings (SSSR count). The summed E-state index contributed by atoms with van der Waals surface area (Å²) in [7, 11) is 0. The van der Waals surface area contributed by atoms with Crippen molar-refractivity contribution in [3.05, 3.63) is 82.8 Å². The van der Waals surface area contributed by atoms with Gasteiger partial charge in [-0.2, -0.15) is 0 Å². The van der Waals surface area contributed by atoms with Crippen LogP contribution < -0.4 is 5.32 Å². The Morgan fingerprint density at radius 2 is 1.85 bits per heavy atom. The standard InChI is InChI=1S/C20H15ClFNO4/c21-15-3-1-2-13(10-15)11-23-19(24)12-26-20(25)18-9-8-17(27-18)14-4-6-16(22)7-5-14/h1-10H,11-12H2,(H,23,24). The number of carbonyl (C=O) groups excluding carboxylic acids is 2. The van der Waals surface area contributed by atoms with Gasteiger partial charge in [0.05, 0.1) is 0 Å². The van der Waals surface area contributed by atoms with Gasteiger partial charge in [0.15, 0.2) is 6.61 Å². The first-order chi connectivity index (χ1) is 13.0. The molecular formula is C20H15ClFNO4. The van der Waals surface area contributed by atoms with E-state index in [4.69, 9.17) is 20.8 Å². The third kappa shape index (κ3) is 5.18. The van der Waals surface area contributed by atoms with Gasteiger partial charge in [-0.05, 0) is 54.1 Å². The van der Waals surface area contributed by atoms with E-state index in [1.165, 1.54) is 30.3 Å². The van der Waals surface area contributed by atoms with Crippen molar-refractivity contribution in [2.24, 2.45) is 0 Å². The van der Waals surface area contributed by atoms with Crippen LogP contribution in [0.2, 0.25) is 5.02 Å². The van der Waals surface area contributed by atoms with E-state index in [1.807, 2.05) is 6.07 Å². The van der Waals surface area contributed by atoms with Crippen molar-refractivity contribution in [2.75, 3.05) is 6.61 Å². The minimum Gasteiger partial charge on any atom is -0.450 e. The molecule has 0 unspecified atom stereocenters. The summed E-state index contributed by atoms with van der Waals surface area (Å²) in [6, 6.07) is 15.7. The van der Waals surface area contributed by atoms with Gasteiger partial charge < -0.3 is 14.5 Å². The number of nitrogens with one attached hydrogen (secondary N) is 1. The van der Waals surface area contributed by atoms with Gasteiger partial charge in [-0.25, -0.2) is 9.18 Å². The molecule has 1 heterocycles. The lowest BCUT2D eigenvalue weighted by Crippen LogP contribution is -2.28. The largest absolute Gasteiger partial charge is 0.450 e. The molecule has 0 bridgehead atoms. The van der Waals surface area contributed by atoms with Gasteiger partial charge in [0.1, 0.15) is 11.6 Å². The van der Waals surface area contributed by atoms with E-state index >= 15 is 0 Å². The fourth-order valence-electron chi connectivity index (χ4n) is 2.32. The first kappa shape index (κ1) is 18.7. The number of esters is 1. The summed E-state index contributed by atoms with van der Waals surface area (Å²) in [5.41, 5.74) is 1.45. The van der Waals surface area contributed by atoms with Gasteiger partial charge in [0.25, 0.3) is 5.91 Å². The average Bonchev–Trinajstić information content (AvgIpc) is 3.15. The second kappa shape index (κ2) is 8.51. The molecule has 7 heteroatoms. The average molecular weight is 388 g/mol. The Morgan fingerprint density at radius 1 is 1.07 bits per heavy atom. The number of hydrogen-bond acceptors (Lipinski definition) is 4. The van der Waals surface area contributed by atoms with Crippen molar-refractivity contribution in [3.8, 4) is 11.3 Å². The van der Waals surface area contributed by atoms with Crippen LogP contribution in [-0.4, -0.2) is 18.5 Å². The molecule has 1 amide bonds. The van der Waals surface area contributed by atoms with Crippen molar-refractivity contribution >= 4 is 23.5 Å². The maximum atomic E-state index is 13.0. The number of furan rings is 1. The normalized spacial score (nSPS) is 10.4. The lowest BCUT2D eigenvalue weighted by atomic mass is 10.2. The molecule has 138 valence electrons. The monoisotopic (exact) mass is 387 g/mol. The van der Waals surface area contributed by atoms with E-state index in [2.05, 4.69) is 5.32 Å². The minimum absolute atomic E-state index is 0.0445. The smallest absolute Gasteiger partial charge is 0.374 e. The Kier molecular flexibility index (Phi) is 5.88. The van der Waals surface area contributed by atoms with E-state index in [-0.39, 0.29) is 18.1 Å². The fourth-order valence-corrected chi connectivity index (χ4v) is 2.53. The van der Waals surface area contributed by atoms with Gasteiger partial charge >= 0.3 is 5.97 Å². The van der Waals surface area contributed by atoms with E-state index in [9.17, 15) is 14.0 Å². The summed E-state index contributed by atoms with van der Waals surface area (Å²) in [6.07, 6.45) is 0. The highest BCUT2D eigenvalue weighted by Gasteiger charge is 2.15. The zero-order valence-electron chi connectivity index (χ0n) is 14.1. The van der Waals surface area contributed by atoms with Crippen molar-refractivity contribution in [1.29, 1.82) is 0 Å². The summed E-state index contributed by atoms with van der Waals surface area (Å²) in [6.45, 7) is -0.168. The quantitative estimate of drug-likeness (QED) is 0.643. The molecule has 1 N–H and O–H groups in total. The Balaban J connectivity index is 1.50. The molecule has 0 spiro atoms. The van der Waals surface area contributed by atoms with E-state index in [0.717, 1.165) is 5.56 Å². The molecule has 0 radical (unpaired) electrons. The van der Waals surface area contributed by atoms with Crippen LogP contribution in [0, 0.1) is 5.82 Å². The van der Waals surface area contributed by atoms with Crippen LogP contribution in [0.25, 0.3) is 11.3 Å². The first-order valence-corrected chi connectivity index (χ1v) is 8.43. The Morgan fingerprint density at radius 3 is 2.59 bits per heavy atom. The van der Waals surface area contributed by atoms with Gasteiger partial charge in [-0.15, -0.1) is 0 Å². The summed E-state index contributed by atoms with van der Waals surface area (Å²) in [4.78, 5) is 23.8. The summed E-state index contributed by atoms with van der Waals surface area (Å²) < 4.78 is 23.3. The number of benzene rings is 2. The molecule has 0 saturated carbocycles. The number of amides is 1. The van der Waals surface area contributed by atoms with Crippen LogP contribution in [0.1, 0.15) is 16.1 Å². The highest BCUT2D eigenvalue weighted by Crippen LogP contribution is 2.22. The summed E-state index contributed by atoms with van der Waals surface area (Å²) >= 11 is 5.87. The summed E-state index contributed by atoms with van der Waals surface area (Å²) in [5.74, 6) is -1.23. The highest BCUT2D eigenvalue weighted by atomic mass is 35.5. The van der Waals surface area contributed by atoms with E-state index < -0.39 is 18.5 Å². The number of halogens is 2. The van der Waals surface area contributed by atoms with Gasteiger partial charge in [0.2, 0.25) is 5.76 Å². The van der Waals surface area contributed by atoms with Crippen molar-refractivity contribution < 1.29 is 23.1 Å². The van der Waals surface area contributed by atoms with E-state index in [1.54, 1.807) is 24.3 Å². The second-order valence-corrected chi connectivity index (χ2v) is 6.09. The number of rotatable bonds is 6. The maximum Gasteiger partial charge on any atom is 0.374 e. The zero-order valence-corrected chi connectivity index (χ0v) is 14.8. The Hall–Kier alpha value is -3.12. The summed E-state index contributed by atoms with van der Waals surface area (Å²) in [5, 5.41) is 3.20. The zero-order chi connectivity index (χ0) is 19.2. The molecule has 0 aliphatic rings. The lowest BCUT2D eigenvalue weighted by molar-refractivity contribution is -0.124. The molecule has 2 aromatic carbocycles. The van der Waals surface area contributed by atoms with Crippen molar-refractivity contribution in [2.45, 2.75) is 6.54 Å². The molecule has 5 nitrogen and oxygen atoms in total. The predicted molar refractivity (Wildman–Crippen MR) is 97.7 cm³/mol. The molecular weight excluding hydrogens is 373 g/mol. The van der Waals surface area contributed by atoms with Crippen LogP contribution in [0.4, 0.5) is 4.39 Å². The van der Waals surface area contributed by atoms with E-state index in [0.29, 0.717) is 16.3 Å². The molecule has 0 fully saturated rings. The van der Waals surface area contributed by atoms with Crippen LogP contribution >= 0.6 is 11.6 Å².